The van der Waals surface area contributed by atoms with Crippen molar-refractivity contribution in [2.24, 2.45) is 7.05 Å². The van der Waals surface area contributed by atoms with Gasteiger partial charge in [-0.3, -0.25) is 9.48 Å². The van der Waals surface area contributed by atoms with Crippen molar-refractivity contribution in [1.82, 2.24) is 25.2 Å². The predicted octanol–water partition coefficient (Wildman–Crippen LogP) is -0.376. The van der Waals surface area contributed by atoms with Crippen LogP contribution in [0.5, 0.6) is 0 Å². The van der Waals surface area contributed by atoms with Crippen LogP contribution in [-0.2, 0) is 13.6 Å². The van der Waals surface area contributed by atoms with Gasteiger partial charge in [0.2, 0.25) is 5.89 Å². The third kappa shape index (κ3) is 2.41. The maximum Gasteiger partial charge on any atom is 0.274 e. The number of hydrogen-bond donors (Lipinski definition) is 2. The molecule has 2 heterocycles. The zero-order chi connectivity index (χ0) is 12.4. The Morgan fingerprint density at radius 1 is 1.65 bits per heavy atom. The Morgan fingerprint density at radius 3 is 2.94 bits per heavy atom. The normalized spacial score (nSPS) is 10.5. The molecule has 3 N–H and O–H groups in total. The van der Waals surface area contributed by atoms with E-state index in [1.165, 1.54) is 4.68 Å². The van der Waals surface area contributed by atoms with Gasteiger partial charge in [-0.15, -0.1) is 0 Å². The summed E-state index contributed by atoms with van der Waals surface area (Å²) in [5.41, 5.74) is 6.13. The Balaban J connectivity index is 2.00. The van der Waals surface area contributed by atoms with Gasteiger partial charge >= 0.3 is 0 Å². The van der Waals surface area contributed by atoms with E-state index in [1.807, 2.05) is 0 Å². The molecule has 2 aromatic heterocycles. The second kappa shape index (κ2) is 4.24. The Bertz CT molecular complexity index is 543. The summed E-state index contributed by atoms with van der Waals surface area (Å²) < 4.78 is 6.33. The van der Waals surface area contributed by atoms with Crippen LogP contribution in [0.3, 0.4) is 0 Å². The van der Waals surface area contributed by atoms with Crippen molar-refractivity contribution in [1.29, 1.82) is 0 Å². The minimum atomic E-state index is -0.376. The van der Waals surface area contributed by atoms with Gasteiger partial charge in [-0.05, 0) is 6.92 Å². The number of rotatable bonds is 3. The van der Waals surface area contributed by atoms with E-state index in [2.05, 4.69) is 20.6 Å². The standard InChI is InChI=1S/C9H12N6O2/c1-5-12-7(17-14-5)3-11-9(16)8-6(10)4-15(2)13-8/h4H,3,10H2,1-2H3,(H,11,16). The number of nitrogens with zero attached hydrogens (tertiary/aromatic N) is 4. The molecule has 2 aromatic rings. The lowest BCUT2D eigenvalue weighted by atomic mass is 10.3. The molecule has 0 atom stereocenters. The molecular formula is C9H12N6O2. The number of carbonyl (C=O) groups excluding carboxylic acids is 1. The first-order chi connectivity index (χ1) is 8.06. The average molecular weight is 236 g/mol. The number of amides is 1. The summed E-state index contributed by atoms with van der Waals surface area (Å²) >= 11 is 0. The minimum Gasteiger partial charge on any atom is -0.396 e. The monoisotopic (exact) mass is 236 g/mol. The summed E-state index contributed by atoms with van der Waals surface area (Å²) in [5, 5.41) is 10.1. The van der Waals surface area contributed by atoms with E-state index in [0.29, 0.717) is 17.4 Å². The van der Waals surface area contributed by atoms with Crippen LogP contribution >= 0.6 is 0 Å². The first-order valence-electron chi connectivity index (χ1n) is 4.93. The van der Waals surface area contributed by atoms with Gasteiger partial charge in [-0.25, -0.2) is 0 Å². The molecule has 0 radical (unpaired) electrons. The summed E-state index contributed by atoms with van der Waals surface area (Å²) in [6.45, 7) is 1.85. The lowest BCUT2D eigenvalue weighted by Crippen LogP contribution is -2.24. The maximum absolute atomic E-state index is 11.7. The smallest absolute Gasteiger partial charge is 0.274 e. The number of anilines is 1. The molecule has 0 fully saturated rings. The Morgan fingerprint density at radius 2 is 2.41 bits per heavy atom. The van der Waals surface area contributed by atoms with Gasteiger partial charge < -0.3 is 15.6 Å². The molecule has 17 heavy (non-hydrogen) atoms. The van der Waals surface area contributed by atoms with E-state index >= 15 is 0 Å². The van der Waals surface area contributed by atoms with Crippen molar-refractivity contribution in [2.45, 2.75) is 13.5 Å². The van der Waals surface area contributed by atoms with E-state index in [9.17, 15) is 4.79 Å². The molecule has 0 saturated heterocycles. The SMILES string of the molecule is Cc1noc(CNC(=O)c2nn(C)cc2N)n1. The second-order valence-corrected chi connectivity index (χ2v) is 3.52. The van der Waals surface area contributed by atoms with Crippen LogP contribution in [0, 0.1) is 6.92 Å². The van der Waals surface area contributed by atoms with Gasteiger partial charge in [0.15, 0.2) is 11.5 Å². The van der Waals surface area contributed by atoms with Crippen molar-refractivity contribution in [2.75, 3.05) is 5.73 Å². The van der Waals surface area contributed by atoms with Crippen LogP contribution in [-0.4, -0.2) is 25.8 Å². The molecule has 0 bridgehead atoms. The molecule has 0 aliphatic heterocycles. The molecule has 90 valence electrons. The van der Waals surface area contributed by atoms with Crippen molar-refractivity contribution >= 4 is 11.6 Å². The molecule has 0 unspecified atom stereocenters. The quantitative estimate of drug-likeness (QED) is 0.751. The maximum atomic E-state index is 11.7. The first-order valence-corrected chi connectivity index (χ1v) is 4.93. The fraction of sp³-hybridized carbons (Fsp3) is 0.333. The molecule has 8 nitrogen and oxygen atoms in total. The summed E-state index contributed by atoms with van der Waals surface area (Å²) in [7, 11) is 1.69. The number of aromatic nitrogens is 4. The van der Waals surface area contributed by atoms with Crippen molar-refractivity contribution in [3.63, 3.8) is 0 Å². The van der Waals surface area contributed by atoms with Gasteiger partial charge in [-0.2, -0.15) is 10.1 Å². The lowest BCUT2D eigenvalue weighted by molar-refractivity contribution is 0.0941. The van der Waals surface area contributed by atoms with E-state index in [4.69, 9.17) is 10.3 Å². The molecule has 1 amide bonds. The third-order valence-electron chi connectivity index (χ3n) is 2.04. The Hall–Kier alpha value is -2.38. The van der Waals surface area contributed by atoms with Gasteiger partial charge in [0.05, 0.1) is 12.2 Å². The van der Waals surface area contributed by atoms with Gasteiger partial charge in [-0.1, -0.05) is 5.16 Å². The Labute approximate surface area is 96.8 Å². The highest BCUT2D eigenvalue weighted by molar-refractivity contribution is 5.96. The lowest BCUT2D eigenvalue weighted by Gasteiger charge is -1.99. The third-order valence-corrected chi connectivity index (χ3v) is 2.04. The molecule has 0 spiro atoms. The van der Waals surface area contributed by atoms with Crippen LogP contribution in [0.1, 0.15) is 22.2 Å². The van der Waals surface area contributed by atoms with Crippen LogP contribution in [0.4, 0.5) is 5.69 Å². The highest BCUT2D eigenvalue weighted by Gasteiger charge is 2.14. The van der Waals surface area contributed by atoms with Crippen LogP contribution in [0.15, 0.2) is 10.7 Å². The van der Waals surface area contributed by atoms with Crippen molar-refractivity contribution in [3.8, 4) is 0 Å². The van der Waals surface area contributed by atoms with Gasteiger partial charge in [0.1, 0.15) is 0 Å². The molecule has 0 saturated carbocycles. The van der Waals surface area contributed by atoms with E-state index in [-0.39, 0.29) is 18.1 Å². The fourth-order valence-corrected chi connectivity index (χ4v) is 1.33. The number of nitrogens with two attached hydrogens (primary N) is 1. The zero-order valence-corrected chi connectivity index (χ0v) is 9.47. The van der Waals surface area contributed by atoms with Gasteiger partial charge in [0, 0.05) is 13.2 Å². The molecule has 8 heteroatoms. The molecule has 0 aliphatic carbocycles. The number of nitrogens with one attached hydrogen (secondary N) is 1. The topological polar surface area (TPSA) is 112 Å². The largest absolute Gasteiger partial charge is 0.396 e. The molecular weight excluding hydrogens is 224 g/mol. The summed E-state index contributed by atoms with van der Waals surface area (Å²) in [6.07, 6.45) is 1.56. The number of hydrogen-bond acceptors (Lipinski definition) is 6. The number of aryl methyl sites for hydroxylation is 2. The summed E-state index contributed by atoms with van der Waals surface area (Å²) in [6, 6.07) is 0. The molecule has 2 rings (SSSR count). The average Bonchev–Trinajstić information content (AvgIpc) is 2.81. The first kappa shape index (κ1) is 11.1. The predicted molar refractivity (Wildman–Crippen MR) is 57.8 cm³/mol. The minimum absolute atomic E-state index is 0.148. The van der Waals surface area contributed by atoms with Crippen molar-refractivity contribution < 1.29 is 9.32 Å². The summed E-state index contributed by atoms with van der Waals surface area (Å²) in [5.74, 6) is 0.482. The van der Waals surface area contributed by atoms with Crippen molar-refractivity contribution in [3.05, 3.63) is 23.6 Å². The van der Waals surface area contributed by atoms with Crippen LogP contribution < -0.4 is 11.1 Å². The van der Waals surface area contributed by atoms with Crippen LogP contribution in [0.25, 0.3) is 0 Å². The van der Waals surface area contributed by atoms with Crippen LogP contribution in [0.2, 0.25) is 0 Å². The Kier molecular flexibility index (Phi) is 2.77. The molecule has 0 aliphatic rings. The van der Waals surface area contributed by atoms with E-state index < -0.39 is 0 Å². The number of carbonyl (C=O) groups is 1. The highest BCUT2D eigenvalue weighted by Crippen LogP contribution is 2.07. The fourth-order valence-electron chi connectivity index (χ4n) is 1.33. The second-order valence-electron chi connectivity index (χ2n) is 3.52. The zero-order valence-electron chi connectivity index (χ0n) is 9.47. The van der Waals surface area contributed by atoms with E-state index in [0.717, 1.165) is 0 Å². The van der Waals surface area contributed by atoms with Gasteiger partial charge in [0.25, 0.3) is 5.91 Å². The summed E-state index contributed by atoms with van der Waals surface area (Å²) in [4.78, 5) is 15.7. The highest BCUT2D eigenvalue weighted by atomic mass is 16.5. The molecule has 0 aromatic carbocycles. The van der Waals surface area contributed by atoms with E-state index in [1.54, 1.807) is 20.2 Å². The number of nitrogen functional groups attached to an aromatic ring is 1.